The first kappa shape index (κ1) is 20.9. The molecule has 0 aromatic heterocycles. The third-order valence-electron chi connectivity index (χ3n) is 3.21. The van der Waals surface area contributed by atoms with Crippen LogP contribution in [0.25, 0.3) is 0 Å². The van der Waals surface area contributed by atoms with Gasteiger partial charge >= 0.3 is 12.1 Å². The summed E-state index contributed by atoms with van der Waals surface area (Å²) in [7, 11) is 0. The van der Waals surface area contributed by atoms with Crippen molar-refractivity contribution in [3.8, 4) is 0 Å². The molecule has 0 heterocycles. The van der Waals surface area contributed by atoms with Gasteiger partial charge < -0.3 is 25.8 Å². The maximum atomic E-state index is 12.1. The molecule has 9 nitrogen and oxygen atoms in total. The molecule has 1 aromatic rings. The summed E-state index contributed by atoms with van der Waals surface area (Å²) < 4.78 is 9.74. The standard InChI is InChI=1S/C17H23N3O6/c1-2-25-15(22)10-19-16(23)13(8-9-14(18)21)20-17(24)26-11-12-6-4-3-5-7-12/h3-7,13H,2,8-11H2,1H3,(H2,18,21)(H,19,23)(H,20,24)/t13-/m0/s1. The number of esters is 1. The highest BCUT2D eigenvalue weighted by molar-refractivity contribution is 5.88. The fourth-order valence-corrected chi connectivity index (χ4v) is 1.96. The normalized spacial score (nSPS) is 11.1. The maximum absolute atomic E-state index is 12.1. The van der Waals surface area contributed by atoms with Gasteiger partial charge in [0.2, 0.25) is 11.8 Å². The molecular weight excluding hydrogens is 342 g/mol. The van der Waals surface area contributed by atoms with Crippen LogP contribution in [0.3, 0.4) is 0 Å². The number of alkyl carbamates (subject to hydrolysis) is 1. The largest absolute Gasteiger partial charge is 0.465 e. The van der Waals surface area contributed by atoms with Gasteiger partial charge in [0.1, 0.15) is 19.2 Å². The van der Waals surface area contributed by atoms with E-state index in [4.69, 9.17) is 15.2 Å². The monoisotopic (exact) mass is 365 g/mol. The fraction of sp³-hybridized carbons (Fsp3) is 0.412. The van der Waals surface area contributed by atoms with Gasteiger partial charge in [0.05, 0.1) is 6.61 Å². The molecule has 0 aliphatic rings. The first-order chi connectivity index (χ1) is 12.4. The van der Waals surface area contributed by atoms with Crippen molar-refractivity contribution in [3.63, 3.8) is 0 Å². The predicted molar refractivity (Wildman–Crippen MR) is 91.6 cm³/mol. The molecule has 1 rings (SSSR count). The predicted octanol–water partition coefficient (Wildman–Crippen LogP) is 0.226. The Balaban J connectivity index is 2.54. The van der Waals surface area contributed by atoms with Crippen molar-refractivity contribution in [1.29, 1.82) is 0 Å². The lowest BCUT2D eigenvalue weighted by atomic mass is 10.1. The van der Waals surface area contributed by atoms with Gasteiger partial charge in [0.25, 0.3) is 0 Å². The molecule has 0 unspecified atom stereocenters. The fourth-order valence-electron chi connectivity index (χ4n) is 1.96. The molecule has 0 radical (unpaired) electrons. The molecule has 0 aliphatic heterocycles. The molecule has 142 valence electrons. The number of hydrogen-bond acceptors (Lipinski definition) is 6. The van der Waals surface area contributed by atoms with Gasteiger partial charge in [-0.3, -0.25) is 14.4 Å². The van der Waals surface area contributed by atoms with Crippen molar-refractivity contribution < 1.29 is 28.7 Å². The molecule has 26 heavy (non-hydrogen) atoms. The quantitative estimate of drug-likeness (QED) is 0.508. The van der Waals surface area contributed by atoms with Gasteiger partial charge in [-0.25, -0.2) is 4.79 Å². The zero-order valence-electron chi connectivity index (χ0n) is 14.5. The zero-order valence-corrected chi connectivity index (χ0v) is 14.5. The second-order valence-corrected chi connectivity index (χ2v) is 5.29. The van der Waals surface area contributed by atoms with Crippen LogP contribution in [0.15, 0.2) is 30.3 Å². The Morgan fingerprint density at radius 1 is 1.12 bits per heavy atom. The Bertz CT molecular complexity index is 620. The van der Waals surface area contributed by atoms with Crippen molar-refractivity contribution in [2.24, 2.45) is 5.73 Å². The zero-order chi connectivity index (χ0) is 19.4. The first-order valence-corrected chi connectivity index (χ1v) is 8.11. The maximum Gasteiger partial charge on any atom is 0.408 e. The molecule has 0 spiro atoms. The number of rotatable bonds is 10. The molecule has 0 fully saturated rings. The number of nitrogens with one attached hydrogen (secondary N) is 2. The van der Waals surface area contributed by atoms with Crippen molar-refractivity contribution in [2.75, 3.05) is 13.2 Å². The highest BCUT2D eigenvalue weighted by Crippen LogP contribution is 2.02. The number of carbonyl (C=O) groups excluding carboxylic acids is 4. The SMILES string of the molecule is CCOC(=O)CNC(=O)[C@H](CCC(N)=O)NC(=O)OCc1ccccc1. The average molecular weight is 365 g/mol. The minimum absolute atomic E-state index is 0.0234. The molecule has 0 aliphatic carbocycles. The number of nitrogens with two attached hydrogens (primary N) is 1. The number of carbonyl (C=O) groups is 4. The Morgan fingerprint density at radius 3 is 2.42 bits per heavy atom. The van der Waals surface area contributed by atoms with Crippen LogP contribution in [-0.4, -0.2) is 43.1 Å². The lowest BCUT2D eigenvalue weighted by Crippen LogP contribution is -2.48. The number of ether oxygens (including phenoxy) is 2. The highest BCUT2D eigenvalue weighted by atomic mass is 16.5. The summed E-state index contributed by atoms with van der Waals surface area (Å²) in [5.41, 5.74) is 5.86. The molecule has 0 saturated heterocycles. The average Bonchev–Trinajstić information content (AvgIpc) is 2.62. The van der Waals surface area contributed by atoms with Crippen LogP contribution < -0.4 is 16.4 Å². The Kier molecular flexibility index (Phi) is 9.23. The van der Waals surface area contributed by atoms with E-state index in [0.29, 0.717) is 0 Å². The Hall–Kier alpha value is -3.10. The van der Waals surface area contributed by atoms with E-state index in [9.17, 15) is 19.2 Å². The lowest BCUT2D eigenvalue weighted by molar-refractivity contribution is -0.143. The van der Waals surface area contributed by atoms with E-state index in [2.05, 4.69) is 10.6 Å². The van der Waals surface area contributed by atoms with E-state index in [0.717, 1.165) is 5.56 Å². The summed E-state index contributed by atoms with van der Waals surface area (Å²) in [5.74, 6) is -1.87. The molecule has 1 aromatic carbocycles. The molecule has 0 bridgehead atoms. The topological polar surface area (TPSA) is 137 Å². The van der Waals surface area contributed by atoms with E-state index in [1.165, 1.54) is 0 Å². The molecule has 0 saturated carbocycles. The van der Waals surface area contributed by atoms with Crippen LogP contribution in [0.1, 0.15) is 25.3 Å². The van der Waals surface area contributed by atoms with Crippen LogP contribution in [0.2, 0.25) is 0 Å². The van der Waals surface area contributed by atoms with Gasteiger partial charge in [-0.2, -0.15) is 0 Å². The summed E-state index contributed by atoms with van der Waals surface area (Å²) in [5, 5.41) is 4.70. The second-order valence-electron chi connectivity index (χ2n) is 5.29. The van der Waals surface area contributed by atoms with Gasteiger partial charge in [-0.1, -0.05) is 30.3 Å². The van der Waals surface area contributed by atoms with Crippen molar-refractivity contribution >= 4 is 23.9 Å². The van der Waals surface area contributed by atoms with E-state index in [1.54, 1.807) is 31.2 Å². The van der Waals surface area contributed by atoms with Crippen LogP contribution in [0.4, 0.5) is 4.79 Å². The number of amides is 3. The minimum Gasteiger partial charge on any atom is -0.465 e. The minimum atomic E-state index is -1.07. The van der Waals surface area contributed by atoms with Crippen molar-refractivity contribution in [3.05, 3.63) is 35.9 Å². The Morgan fingerprint density at radius 2 is 1.81 bits per heavy atom. The molecular formula is C17H23N3O6. The van der Waals surface area contributed by atoms with Gasteiger partial charge in [-0.15, -0.1) is 0 Å². The highest BCUT2D eigenvalue weighted by Gasteiger charge is 2.22. The number of primary amides is 1. The third-order valence-corrected chi connectivity index (χ3v) is 3.21. The summed E-state index contributed by atoms with van der Waals surface area (Å²) in [6.45, 7) is 1.50. The van der Waals surface area contributed by atoms with Crippen molar-refractivity contribution in [1.82, 2.24) is 10.6 Å². The smallest absolute Gasteiger partial charge is 0.408 e. The van der Waals surface area contributed by atoms with E-state index >= 15 is 0 Å². The summed E-state index contributed by atoms with van der Waals surface area (Å²) in [6.07, 6.45) is -0.962. The summed E-state index contributed by atoms with van der Waals surface area (Å²) in [6, 6.07) is 7.93. The molecule has 1 atom stereocenters. The summed E-state index contributed by atoms with van der Waals surface area (Å²) >= 11 is 0. The molecule has 9 heteroatoms. The third kappa shape index (κ3) is 8.67. The second kappa shape index (κ2) is 11.5. The molecule has 4 N–H and O–H groups in total. The van der Waals surface area contributed by atoms with Crippen LogP contribution in [0, 0.1) is 0 Å². The van der Waals surface area contributed by atoms with E-state index in [-0.39, 0.29) is 32.6 Å². The van der Waals surface area contributed by atoms with E-state index in [1.807, 2.05) is 6.07 Å². The van der Waals surface area contributed by atoms with Crippen LogP contribution >= 0.6 is 0 Å². The van der Waals surface area contributed by atoms with Crippen LogP contribution in [-0.2, 0) is 30.5 Å². The van der Waals surface area contributed by atoms with Gasteiger partial charge in [-0.05, 0) is 18.9 Å². The van der Waals surface area contributed by atoms with Crippen LogP contribution in [0.5, 0.6) is 0 Å². The first-order valence-electron chi connectivity index (χ1n) is 8.11. The Labute approximate surface area is 151 Å². The van der Waals surface area contributed by atoms with Gasteiger partial charge in [0.15, 0.2) is 0 Å². The molecule has 3 amide bonds. The van der Waals surface area contributed by atoms with Gasteiger partial charge in [0, 0.05) is 6.42 Å². The number of benzene rings is 1. The van der Waals surface area contributed by atoms with E-state index < -0.39 is 29.9 Å². The summed E-state index contributed by atoms with van der Waals surface area (Å²) in [4.78, 5) is 46.3. The number of hydrogen-bond donors (Lipinski definition) is 3. The van der Waals surface area contributed by atoms with Crippen molar-refractivity contribution in [2.45, 2.75) is 32.4 Å². The lowest BCUT2D eigenvalue weighted by Gasteiger charge is -2.17.